The number of rotatable bonds is 8. The van der Waals surface area contributed by atoms with Gasteiger partial charge in [-0.3, -0.25) is 0 Å². The number of aromatic nitrogens is 2. The predicted octanol–water partition coefficient (Wildman–Crippen LogP) is 2.17. The van der Waals surface area contributed by atoms with E-state index in [0.29, 0.717) is 5.92 Å². The Balaban J connectivity index is 2.04. The summed E-state index contributed by atoms with van der Waals surface area (Å²) in [5, 5.41) is 3.31. The van der Waals surface area contributed by atoms with Gasteiger partial charge in [0.2, 0.25) is 0 Å². The first kappa shape index (κ1) is 15.0. The highest BCUT2D eigenvalue weighted by Gasteiger charge is 2.27. The number of nitrogens with zero attached hydrogens (tertiary/aromatic N) is 4. The van der Waals surface area contributed by atoms with Crippen LogP contribution in [-0.4, -0.2) is 55.6 Å². The van der Waals surface area contributed by atoms with Crippen molar-refractivity contribution in [3.8, 4) is 0 Å². The van der Waals surface area contributed by atoms with Crippen LogP contribution in [0.4, 0.5) is 11.6 Å². The summed E-state index contributed by atoms with van der Waals surface area (Å²) >= 11 is 0. The molecule has 0 radical (unpaired) electrons. The molecule has 5 heteroatoms. The minimum absolute atomic E-state index is 0.586. The van der Waals surface area contributed by atoms with Crippen molar-refractivity contribution in [1.29, 1.82) is 0 Å². The molecular weight excluding hydrogens is 250 g/mol. The van der Waals surface area contributed by atoms with Gasteiger partial charge in [0.15, 0.2) is 0 Å². The molecule has 0 unspecified atom stereocenters. The van der Waals surface area contributed by atoms with Crippen LogP contribution in [0.15, 0.2) is 6.07 Å². The number of nitrogens with one attached hydrogen (secondary N) is 1. The molecule has 1 N–H and O–H groups in total. The summed E-state index contributed by atoms with van der Waals surface area (Å²) < 4.78 is 0. The lowest BCUT2D eigenvalue weighted by molar-refractivity contribution is 0.401. The lowest BCUT2D eigenvalue weighted by Gasteiger charge is -2.20. The van der Waals surface area contributed by atoms with Gasteiger partial charge in [-0.15, -0.1) is 0 Å². The van der Waals surface area contributed by atoms with Crippen LogP contribution in [0, 0.1) is 0 Å². The first-order valence-corrected chi connectivity index (χ1v) is 7.59. The van der Waals surface area contributed by atoms with Crippen LogP contribution < -0.4 is 10.2 Å². The fraction of sp³-hybridized carbons (Fsp3) is 0.733. The second-order valence-electron chi connectivity index (χ2n) is 5.85. The van der Waals surface area contributed by atoms with E-state index in [1.807, 2.05) is 0 Å². The average Bonchev–Trinajstić information content (AvgIpc) is 3.22. The first-order chi connectivity index (χ1) is 9.60. The van der Waals surface area contributed by atoms with Gasteiger partial charge in [0.1, 0.15) is 17.5 Å². The fourth-order valence-corrected chi connectivity index (χ4v) is 2.18. The van der Waals surface area contributed by atoms with Crippen molar-refractivity contribution in [2.24, 2.45) is 0 Å². The third-order valence-corrected chi connectivity index (χ3v) is 3.52. The van der Waals surface area contributed by atoms with Crippen LogP contribution >= 0.6 is 0 Å². The molecule has 1 saturated carbocycles. The third-order valence-electron chi connectivity index (χ3n) is 3.52. The van der Waals surface area contributed by atoms with Crippen molar-refractivity contribution < 1.29 is 0 Å². The van der Waals surface area contributed by atoms with Gasteiger partial charge in [-0.1, -0.05) is 0 Å². The number of hydrogen-bond acceptors (Lipinski definition) is 5. The molecule has 1 aliphatic rings. The smallest absolute Gasteiger partial charge is 0.136 e. The summed E-state index contributed by atoms with van der Waals surface area (Å²) in [5.74, 6) is 3.59. The average molecular weight is 277 g/mol. The van der Waals surface area contributed by atoms with E-state index in [1.54, 1.807) is 0 Å². The fourth-order valence-electron chi connectivity index (χ4n) is 2.18. The molecule has 0 amide bonds. The first-order valence-electron chi connectivity index (χ1n) is 7.59. The van der Waals surface area contributed by atoms with Gasteiger partial charge >= 0.3 is 0 Å². The Hall–Kier alpha value is -1.36. The van der Waals surface area contributed by atoms with Gasteiger partial charge in [-0.25, -0.2) is 9.97 Å². The highest BCUT2D eigenvalue weighted by Crippen LogP contribution is 2.39. The Bertz CT molecular complexity index is 428. The van der Waals surface area contributed by atoms with E-state index in [9.17, 15) is 0 Å². The molecule has 0 saturated heterocycles. The van der Waals surface area contributed by atoms with E-state index in [-0.39, 0.29) is 0 Å². The Kier molecular flexibility index (Phi) is 5.17. The zero-order valence-corrected chi connectivity index (χ0v) is 13.2. The monoisotopic (exact) mass is 277 g/mol. The summed E-state index contributed by atoms with van der Waals surface area (Å²) in [7, 11) is 6.34. The van der Waals surface area contributed by atoms with Crippen molar-refractivity contribution in [3.63, 3.8) is 0 Å². The zero-order chi connectivity index (χ0) is 14.5. The molecule has 0 spiro atoms. The maximum Gasteiger partial charge on any atom is 0.136 e. The second kappa shape index (κ2) is 6.88. The Morgan fingerprint density at radius 3 is 2.55 bits per heavy atom. The normalized spacial score (nSPS) is 14.7. The van der Waals surface area contributed by atoms with Crippen molar-refractivity contribution in [2.75, 3.05) is 51.0 Å². The van der Waals surface area contributed by atoms with Crippen LogP contribution in [-0.2, 0) is 0 Å². The van der Waals surface area contributed by atoms with Gasteiger partial charge in [0, 0.05) is 32.1 Å². The van der Waals surface area contributed by atoms with Gasteiger partial charge in [0.25, 0.3) is 0 Å². The quantitative estimate of drug-likeness (QED) is 0.789. The van der Waals surface area contributed by atoms with Crippen LogP contribution in [0.3, 0.4) is 0 Å². The van der Waals surface area contributed by atoms with Gasteiger partial charge in [-0.2, -0.15) is 0 Å². The Labute approximate surface area is 122 Å². The van der Waals surface area contributed by atoms with E-state index in [4.69, 9.17) is 4.98 Å². The molecule has 2 rings (SSSR count). The largest absolute Gasteiger partial charge is 0.370 e. The second-order valence-corrected chi connectivity index (χ2v) is 5.85. The minimum Gasteiger partial charge on any atom is -0.370 e. The Morgan fingerprint density at radius 2 is 1.95 bits per heavy atom. The van der Waals surface area contributed by atoms with Gasteiger partial charge in [-0.05, 0) is 46.8 Å². The van der Waals surface area contributed by atoms with Crippen LogP contribution in [0.1, 0.15) is 37.9 Å². The topological polar surface area (TPSA) is 44.3 Å². The van der Waals surface area contributed by atoms with Crippen LogP contribution in [0.25, 0.3) is 0 Å². The lowest BCUT2D eigenvalue weighted by atomic mass is 10.3. The highest BCUT2D eigenvalue weighted by atomic mass is 15.2. The molecule has 0 aliphatic heterocycles. The van der Waals surface area contributed by atoms with Gasteiger partial charge < -0.3 is 15.1 Å². The van der Waals surface area contributed by atoms with Gasteiger partial charge in [0.05, 0.1) is 0 Å². The molecule has 5 nitrogen and oxygen atoms in total. The van der Waals surface area contributed by atoms with Crippen molar-refractivity contribution in [2.45, 2.75) is 32.1 Å². The number of anilines is 2. The van der Waals surface area contributed by atoms with Crippen molar-refractivity contribution in [1.82, 2.24) is 14.9 Å². The lowest BCUT2D eigenvalue weighted by Crippen LogP contribution is -2.24. The molecule has 1 aliphatic carbocycles. The summed E-state index contributed by atoms with van der Waals surface area (Å²) in [6.07, 6.45) is 3.61. The van der Waals surface area contributed by atoms with Crippen LogP contribution in [0.2, 0.25) is 0 Å². The summed E-state index contributed by atoms with van der Waals surface area (Å²) in [4.78, 5) is 13.8. The Morgan fingerprint density at radius 1 is 1.20 bits per heavy atom. The molecule has 0 bridgehead atoms. The standard InChI is InChI=1S/C15H27N5/c1-5-16-13-11-14(18-15(17-13)12-7-8-12)20(4)10-6-9-19(2)3/h11-12H,5-10H2,1-4H3,(H,16,17,18). The maximum atomic E-state index is 4.74. The SMILES string of the molecule is CCNc1cc(N(C)CCCN(C)C)nc(C2CC2)n1. The van der Waals surface area contributed by atoms with E-state index >= 15 is 0 Å². The molecule has 1 fully saturated rings. The molecule has 1 heterocycles. The predicted molar refractivity (Wildman–Crippen MR) is 84.6 cm³/mol. The van der Waals surface area contributed by atoms with Crippen LogP contribution in [0.5, 0.6) is 0 Å². The summed E-state index contributed by atoms with van der Waals surface area (Å²) in [6, 6.07) is 2.06. The molecule has 1 aromatic heterocycles. The zero-order valence-electron chi connectivity index (χ0n) is 13.2. The maximum absolute atomic E-state index is 4.74. The molecule has 0 aromatic carbocycles. The third kappa shape index (κ3) is 4.34. The number of hydrogen-bond donors (Lipinski definition) is 1. The van der Waals surface area contributed by atoms with E-state index in [2.05, 4.69) is 54.2 Å². The molecule has 1 aromatic rings. The minimum atomic E-state index is 0.586. The molecular formula is C15H27N5. The van der Waals surface area contributed by atoms with E-state index < -0.39 is 0 Å². The molecule has 112 valence electrons. The summed E-state index contributed by atoms with van der Waals surface area (Å²) in [6.45, 7) is 5.11. The van der Waals surface area contributed by atoms with Crippen molar-refractivity contribution >= 4 is 11.6 Å². The molecule has 0 atom stereocenters. The van der Waals surface area contributed by atoms with Crippen molar-refractivity contribution in [3.05, 3.63) is 11.9 Å². The molecule has 20 heavy (non-hydrogen) atoms. The highest BCUT2D eigenvalue weighted by molar-refractivity contribution is 5.49. The van der Waals surface area contributed by atoms with E-state index in [0.717, 1.165) is 43.5 Å². The summed E-state index contributed by atoms with van der Waals surface area (Å²) in [5.41, 5.74) is 0. The van der Waals surface area contributed by atoms with E-state index in [1.165, 1.54) is 12.8 Å².